The lowest BCUT2D eigenvalue weighted by molar-refractivity contribution is 0.0629. The van der Waals surface area contributed by atoms with Crippen LogP contribution in [0.25, 0.3) is 0 Å². The molecule has 1 aliphatic heterocycles. The van der Waals surface area contributed by atoms with E-state index in [1.807, 2.05) is 0 Å². The summed E-state index contributed by atoms with van der Waals surface area (Å²) in [7, 11) is 0. The molecule has 2 fully saturated rings. The van der Waals surface area contributed by atoms with E-state index in [-0.39, 0.29) is 0 Å². The molecule has 0 aromatic carbocycles. The second-order valence-electron chi connectivity index (χ2n) is 5.55. The zero-order valence-corrected chi connectivity index (χ0v) is 9.75. The van der Waals surface area contributed by atoms with E-state index in [4.69, 9.17) is 4.74 Å². The fourth-order valence-corrected chi connectivity index (χ4v) is 2.54. The first-order chi connectivity index (χ1) is 6.62. The van der Waals surface area contributed by atoms with Crippen LogP contribution in [0.5, 0.6) is 0 Å². The maximum absolute atomic E-state index is 5.75. The molecule has 1 saturated carbocycles. The normalized spacial score (nSPS) is 36.0. The molecule has 2 rings (SSSR count). The van der Waals surface area contributed by atoms with Crippen molar-refractivity contribution in [2.45, 2.75) is 39.7 Å². The Hall–Kier alpha value is -0.0800. The minimum absolute atomic E-state index is 0.431. The summed E-state index contributed by atoms with van der Waals surface area (Å²) >= 11 is 0. The zero-order chi connectivity index (χ0) is 10.2. The molecule has 1 heterocycles. The topological polar surface area (TPSA) is 12.5 Å². The van der Waals surface area contributed by atoms with Crippen LogP contribution in [0.1, 0.15) is 33.6 Å². The quantitative estimate of drug-likeness (QED) is 0.672. The van der Waals surface area contributed by atoms with Crippen molar-refractivity contribution in [2.75, 3.05) is 26.3 Å². The predicted molar refractivity (Wildman–Crippen MR) is 58.4 cm³/mol. The fourth-order valence-electron chi connectivity index (χ4n) is 2.54. The molecule has 2 nitrogen and oxygen atoms in total. The monoisotopic (exact) mass is 197 g/mol. The Balaban J connectivity index is 2.02. The average Bonchev–Trinajstić information content (AvgIpc) is 2.88. The first kappa shape index (κ1) is 10.4. The highest BCUT2D eigenvalue weighted by atomic mass is 16.5. The predicted octanol–water partition coefficient (Wildman–Crippen LogP) is 2.14. The molecule has 0 N–H and O–H groups in total. The van der Waals surface area contributed by atoms with E-state index >= 15 is 0 Å². The molecule has 1 atom stereocenters. The third-order valence-corrected chi connectivity index (χ3v) is 3.81. The molecular formula is C12H23NO. The summed E-state index contributed by atoms with van der Waals surface area (Å²) in [5.74, 6) is 0.932. The molecule has 0 aromatic heterocycles. The smallest absolute Gasteiger partial charge is 0.0593 e. The summed E-state index contributed by atoms with van der Waals surface area (Å²) in [6.45, 7) is 11.2. The summed E-state index contributed by atoms with van der Waals surface area (Å²) in [5, 5.41) is 0. The van der Waals surface area contributed by atoms with Crippen molar-refractivity contribution in [3.05, 3.63) is 0 Å². The Labute approximate surface area is 87.6 Å². The molecule has 1 saturated heterocycles. The van der Waals surface area contributed by atoms with Crippen molar-refractivity contribution in [2.24, 2.45) is 11.3 Å². The van der Waals surface area contributed by atoms with Gasteiger partial charge in [-0.15, -0.1) is 0 Å². The molecule has 1 aliphatic carbocycles. The van der Waals surface area contributed by atoms with Crippen LogP contribution in [0.3, 0.4) is 0 Å². The number of rotatable bonds is 2. The molecular weight excluding hydrogens is 174 g/mol. The van der Waals surface area contributed by atoms with Crippen LogP contribution in [-0.2, 0) is 4.74 Å². The van der Waals surface area contributed by atoms with Gasteiger partial charge in [0.15, 0.2) is 0 Å². The van der Waals surface area contributed by atoms with Gasteiger partial charge in [0.1, 0.15) is 0 Å². The van der Waals surface area contributed by atoms with Crippen LogP contribution in [-0.4, -0.2) is 37.2 Å². The maximum Gasteiger partial charge on any atom is 0.0593 e. The molecule has 2 aliphatic rings. The molecule has 0 unspecified atom stereocenters. The van der Waals surface area contributed by atoms with Gasteiger partial charge in [0.2, 0.25) is 0 Å². The van der Waals surface area contributed by atoms with Gasteiger partial charge in [0.25, 0.3) is 0 Å². The Morgan fingerprint density at radius 2 is 2.07 bits per heavy atom. The minimum Gasteiger partial charge on any atom is -0.379 e. The highest BCUT2D eigenvalue weighted by Crippen LogP contribution is 2.46. The lowest BCUT2D eigenvalue weighted by Gasteiger charge is -2.34. The largest absolute Gasteiger partial charge is 0.379 e. The van der Waals surface area contributed by atoms with Gasteiger partial charge in [-0.05, 0) is 32.6 Å². The van der Waals surface area contributed by atoms with Crippen molar-refractivity contribution < 1.29 is 4.74 Å². The van der Waals surface area contributed by atoms with Gasteiger partial charge in [-0.3, -0.25) is 4.90 Å². The SMILES string of the molecule is CC(C)N1CCOC[C@](C)(C2CC2)C1. The molecule has 14 heavy (non-hydrogen) atoms. The van der Waals surface area contributed by atoms with E-state index in [2.05, 4.69) is 25.7 Å². The van der Waals surface area contributed by atoms with E-state index in [0.29, 0.717) is 11.5 Å². The van der Waals surface area contributed by atoms with Gasteiger partial charge in [0.05, 0.1) is 13.2 Å². The standard InChI is InChI=1S/C12H23NO/c1-10(2)13-6-7-14-9-12(3,8-13)11-4-5-11/h10-11H,4-9H2,1-3H3/t12-/m1/s1. The van der Waals surface area contributed by atoms with Gasteiger partial charge in [-0.25, -0.2) is 0 Å². The van der Waals surface area contributed by atoms with Crippen molar-refractivity contribution >= 4 is 0 Å². The van der Waals surface area contributed by atoms with Crippen LogP contribution in [0.15, 0.2) is 0 Å². The third-order valence-electron chi connectivity index (χ3n) is 3.81. The lowest BCUT2D eigenvalue weighted by Crippen LogP contribution is -2.41. The van der Waals surface area contributed by atoms with Crippen molar-refractivity contribution in [3.63, 3.8) is 0 Å². The van der Waals surface area contributed by atoms with Gasteiger partial charge < -0.3 is 4.74 Å². The van der Waals surface area contributed by atoms with E-state index in [0.717, 1.165) is 25.7 Å². The van der Waals surface area contributed by atoms with Gasteiger partial charge in [0, 0.05) is 24.5 Å². The number of ether oxygens (including phenoxy) is 1. The lowest BCUT2D eigenvalue weighted by atomic mass is 9.85. The second kappa shape index (κ2) is 3.82. The second-order valence-corrected chi connectivity index (χ2v) is 5.55. The first-order valence-electron chi connectivity index (χ1n) is 5.93. The Kier molecular flexibility index (Phi) is 2.85. The maximum atomic E-state index is 5.75. The number of hydrogen-bond acceptors (Lipinski definition) is 2. The molecule has 0 aromatic rings. The molecule has 0 spiro atoms. The van der Waals surface area contributed by atoms with Crippen molar-refractivity contribution in [3.8, 4) is 0 Å². The van der Waals surface area contributed by atoms with Crippen molar-refractivity contribution in [1.29, 1.82) is 0 Å². The van der Waals surface area contributed by atoms with Crippen LogP contribution in [0, 0.1) is 11.3 Å². The van der Waals surface area contributed by atoms with Gasteiger partial charge in [-0.1, -0.05) is 6.92 Å². The summed E-state index contributed by atoms with van der Waals surface area (Å²) in [5.41, 5.74) is 0.431. The van der Waals surface area contributed by atoms with Crippen LogP contribution < -0.4 is 0 Å². The van der Waals surface area contributed by atoms with Crippen LogP contribution >= 0.6 is 0 Å². The average molecular weight is 197 g/mol. The summed E-state index contributed by atoms with van der Waals surface area (Å²) < 4.78 is 5.75. The first-order valence-corrected chi connectivity index (χ1v) is 5.93. The molecule has 2 heteroatoms. The van der Waals surface area contributed by atoms with Crippen molar-refractivity contribution in [1.82, 2.24) is 4.90 Å². The van der Waals surface area contributed by atoms with E-state index in [1.165, 1.54) is 19.4 Å². The highest BCUT2D eigenvalue weighted by Gasteiger charge is 2.43. The van der Waals surface area contributed by atoms with Gasteiger partial charge >= 0.3 is 0 Å². The number of nitrogens with zero attached hydrogens (tertiary/aromatic N) is 1. The molecule has 82 valence electrons. The fraction of sp³-hybridized carbons (Fsp3) is 1.00. The molecule has 0 bridgehead atoms. The Morgan fingerprint density at radius 3 is 2.64 bits per heavy atom. The summed E-state index contributed by atoms with van der Waals surface area (Å²) in [6.07, 6.45) is 2.84. The summed E-state index contributed by atoms with van der Waals surface area (Å²) in [6, 6.07) is 0.662. The third kappa shape index (κ3) is 2.12. The zero-order valence-electron chi connectivity index (χ0n) is 9.75. The summed E-state index contributed by atoms with van der Waals surface area (Å²) in [4.78, 5) is 2.57. The highest BCUT2D eigenvalue weighted by molar-refractivity contribution is 4.94. The van der Waals surface area contributed by atoms with Crippen LogP contribution in [0.2, 0.25) is 0 Å². The molecule has 0 amide bonds. The minimum atomic E-state index is 0.431. The van der Waals surface area contributed by atoms with E-state index in [1.54, 1.807) is 0 Å². The van der Waals surface area contributed by atoms with Crippen LogP contribution in [0.4, 0.5) is 0 Å². The molecule has 0 radical (unpaired) electrons. The Bertz CT molecular complexity index is 200. The van der Waals surface area contributed by atoms with E-state index < -0.39 is 0 Å². The number of hydrogen-bond donors (Lipinski definition) is 0. The van der Waals surface area contributed by atoms with Gasteiger partial charge in [-0.2, -0.15) is 0 Å². The Morgan fingerprint density at radius 1 is 1.36 bits per heavy atom. The van der Waals surface area contributed by atoms with E-state index in [9.17, 15) is 0 Å².